The first-order valence-corrected chi connectivity index (χ1v) is 11.7. The Bertz CT molecular complexity index is 1140. The summed E-state index contributed by atoms with van der Waals surface area (Å²) in [5.41, 5.74) is 1.92. The van der Waals surface area contributed by atoms with Gasteiger partial charge in [0.15, 0.2) is 0 Å². The lowest BCUT2D eigenvalue weighted by atomic mass is 9.89. The van der Waals surface area contributed by atoms with E-state index < -0.39 is 12.2 Å². The van der Waals surface area contributed by atoms with Gasteiger partial charge in [0.25, 0.3) is 0 Å². The number of aliphatic hydroxyl groups is 2. The van der Waals surface area contributed by atoms with Crippen molar-refractivity contribution >= 4 is 10.8 Å². The molecule has 0 saturated carbocycles. The zero-order valence-electron chi connectivity index (χ0n) is 20.1. The first kappa shape index (κ1) is 25.0. The van der Waals surface area contributed by atoms with E-state index >= 15 is 0 Å². The third-order valence-electron chi connectivity index (χ3n) is 5.76. The number of hydrogen-bond acceptors (Lipinski definition) is 7. The van der Waals surface area contributed by atoms with Gasteiger partial charge in [-0.2, -0.15) is 0 Å². The summed E-state index contributed by atoms with van der Waals surface area (Å²) in [4.78, 5) is 0. The lowest BCUT2D eigenvalue weighted by molar-refractivity contribution is 0.0318. The van der Waals surface area contributed by atoms with E-state index in [0.29, 0.717) is 24.3 Å². The van der Waals surface area contributed by atoms with E-state index in [1.165, 1.54) is 0 Å². The average Bonchev–Trinajstić information content (AvgIpc) is 2.87. The molecule has 0 fully saturated rings. The molecule has 7 heteroatoms. The standard InChI is InChI=1S/C28H32O7/c1-31-15-19(29)17-33-27-23-10-6-7-11-24(23)28(34-18-20(30)16-32-2)26-14-22(12-13-25(26)27)35-21-8-4-3-5-9-21/h3-12,19-20,29-30H,13-18H2,1-2H3. The first-order valence-electron chi connectivity index (χ1n) is 11.7. The fourth-order valence-electron chi connectivity index (χ4n) is 4.23. The molecule has 0 saturated heterocycles. The molecule has 3 aromatic carbocycles. The molecule has 0 amide bonds. The van der Waals surface area contributed by atoms with Crippen LogP contribution in [0.25, 0.3) is 10.8 Å². The second-order valence-electron chi connectivity index (χ2n) is 8.47. The minimum Gasteiger partial charge on any atom is -0.490 e. The fraction of sp³-hybridized carbons (Fsp3) is 0.357. The average molecular weight is 481 g/mol. The summed E-state index contributed by atoms with van der Waals surface area (Å²) in [6, 6.07) is 17.5. The molecule has 1 aliphatic rings. The molecule has 0 heterocycles. The number of para-hydroxylation sites is 1. The topological polar surface area (TPSA) is 86.6 Å². The molecular weight excluding hydrogens is 448 g/mol. The molecule has 3 aromatic rings. The highest BCUT2D eigenvalue weighted by Gasteiger charge is 2.26. The van der Waals surface area contributed by atoms with Crippen molar-refractivity contribution in [3.8, 4) is 17.2 Å². The van der Waals surface area contributed by atoms with Crippen LogP contribution in [0.4, 0.5) is 0 Å². The number of aliphatic hydroxyl groups excluding tert-OH is 2. The zero-order valence-corrected chi connectivity index (χ0v) is 20.1. The van der Waals surface area contributed by atoms with Gasteiger partial charge < -0.3 is 33.9 Å². The normalized spacial score (nSPS) is 14.7. The number of allylic oxidation sites excluding steroid dienone is 2. The smallest absolute Gasteiger partial charge is 0.131 e. The lowest BCUT2D eigenvalue weighted by Gasteiger charge is -2.26. The van der Waals surface area contributed by atoms with Crippen LogP contribution in [0, 0.1) is 0 Å². The van der Waals surface area contributed by atoms with Gasteiger partial charge in [-0.1, -0.05) is 42.5 Å². The monoisotopic (exact) mass is 480 g/mol. The van der Waals surface area contributed by atoms with Crippen LogP contribution >= 0.6 is 0 Å². The van der Waals surface area contributed by atoms with E-state index in [9.17, 15) is 10.2 Å². The number of ether oxygens (including phenoxy) is 5. The maximum absolute atomic E-state index is 10.2. The molecule has 0 radical (unpaired) electrons. The molecule has 2 atom stereocenters. The quantitative estimate of drug-likeness (QED) is 0.409. The SMILES string of the molecule is COCC(O)COc1c2c(c(OCC(O)COC)c3ccccc13)CC(Oc1ccccc1)=CC2. The summed E-state index contributed by atoms with van der Waals surface area (Å²) >= 11 is 0. The summed E-state index contributed by atoms with van der Waals surface area (Å²) in [7, 11) is 3.09. The Morgan fingerprint density at radius 1 is 0.714 bits per heavy atom. The minimum atomic E-state index is -0.756. The maximum Gasteiger partial charge on any atom is 0.131 e. The number of benzene rings is 3. The van der Waals surface area contributed by atoms with Gasteiger partial charge in [-0.15, -0.1) is 0 Å². The molecule has 1 aliphatic carbocycles. The fourth-order valence-corrected chi connectivity index (χ4v) is 4.23. The zero-order chi connectivity index (χ0) is 24.6. The Morgan fingerprint density at radius 2 is 1.26 bits per heavy atom. The molecule has 7 nitrogen and oxygen atoms in total. The van der Waals surface area contributed by atoms with Gasteiger partial charge in [-0.05, 0) is 24.6 Å². The van der Waals surface area contributed by atoms with Gasteiger partial charge in [0.1, 0.15) is 48.4 Å². The van der Waals surface area contributed by atoms with Gasteiger partial charge >= 0.3 is 0 Å². The van der Waals surface area contributed by atoms with E-state index in [1.54, 1.807) is 14.2 Å². The van der Waals surface area contributed by atoms with Gasteiger partial charge in [-0.3, -0.25) is 0 Å². The van der Waals surface area contributed by atoms with E-state index in [-0.39, 0.29) is 26.4 Å². The van der Waals surface area contributed by atoms with Crippen molar-refractivity contribution in [3.63, 3.8) is 0 Å². The summed E-state index contributed by atoms with van der Waals surface area (Å²) in [5.74, 6) is 2.98. The van der Waals surface area contributed by atoms with Crippen molar-refractivity contribution in [1.29, 1.82) is 0 Å². The summed E-state index contributed by atoms with van der Waals surface area (Å²) in [6.07, 6.45) is 1.63. The van der Waals surface area contributed by atoms with Crippen molar-refractivity contribution in [1.82, 2.24) is 0 Å². The molecule has 186 valence electrons. The van der Waals surface area contributed by atoms with Crippen LogP contribution in [-0.2, 0) is 22.3 Å². The Hall–Kier alpha value is -3.10. The molecule has 35 heavy (non-hydrogen) atoms. The van der Waals surface area contributed by atoms with E-state index in [0.717, 1.165) is 33.4 Å². The van der Waals surface area contributed by atoms with E-state index in [1.807, 2.05) is 60.7 Å². The number of hydrogen-bond donors (Lipinski definition) is 2. The van der Waals surface area contributed by atoms with Crippen molar-refractivity contribution in [2.75, 3.05) is 40.6 Å². The summed E-state index contributed by atoms with van der Waals surface area (Å²) in [5, 5.41) is 22.2. The molecular formula is C28H32O7. The molecule has 0 aromatic heterocycles. The maximum atomic E-state index is 10.2. The van der Waals surface area contributed by atoms with Gasteiger partial charge in [-0.25, -0.2) is 0 Å². The van der Waals surface area contributed by atoms with Gasteiger partial charge in [0, 0.05) is 42.5 Å². The number of rotatable bonds is 12. The molecule has 2 unspecified atom stereocenters. The Kier molecular flexibility index (Phi) is 8.60. The largest absolute Gasteiger partial charge is 0.490 e. The summed E-state index contributed by atoms with van der Waals surface area (Å²) in [6.45, 7) is 0.568. The number of methoxy groups -OCH3 is 2. The Morgan fingerprint density at radius 3 is 1.83 bits per heavy atom. The minimum absolute atomic E-state index is 0.0929. The van der Waals surface area contributed by atoms with Gasteiger partial charge in [0.05, 0.1) is 13.2 Å². The van der Waals surface area contributed by atoms with Crippen LogP contribution in [0.15, 0.2) is 66.4 Å². The second-order valence-corrected chi connectivity index (χ2v) is 8.47. The molecule has 2 N–H and O–H groups in total. The molecule has 0 bridgehead atoms. The second kappa shape index (κ2) is 12.0. The van der Waals surface area contributed by atoms with Crippen LogP contribution in [0.5, 0.6) is 17.2 Å². The third kappa shape index (κ3) is 6.13. The highest BCUT2D eigenvalue weighted by molar-refractivity contribution is 5.96. The van der Waals surface area contributed by atoms with Crippen molar-refractivity contribution in [3.05, 3.63) is 77.6 Å². The molecule has 4 rings (SSSR count). The highest BCUT2D eigenvalue weighted by atomic mass is 16.5. The van der Waals surface area contributed by atoms with Crippen LogP contribution < -0.4 is 14.2 Å². The Labute approximate surface area is 205 Å². The van der Waals surface area contributed by atoms with Crippen LogP contribution in [0.3, 0.4) is 0 Å². The van der Waals surface area contributed by atoms with Crippen molar-refractivity contribution in [2.24, 2.45) is 0 Å². The van der Waals surface area contributed by atoms with E-state index in [4.69, 9.17) is 23.7 Å². The summed E-state index contributed by atoms with van der Waals surface area (Å²) < 4.78 is 28.6. The predicted octanol–water partition coefficient (Wildman–Crippen LogP) is 3.67. The lowest BCUT2D eigenvalue weighted by Crippen LogP contribution is -2.25. The highest BCUT2D eigenvalue weighted by Crippen LogP contribution is 2.44. The first-order chi connectivity index (χ1) is 17.1. The molecule has 0 spiro atoms. The van der Waals surface area contributed by atoms with Crippen LogP contribution in [0.1, 0.15) is 11.1 Å². The third-order valence-corrected chi connectivity index (χ3v) is 5.76. The predicted molar refractivity (Wildman–Crippen MR) is 133 cm³/mol. The van der Waals surface area contributed by atoms with E-state index in [2.05, 4.69) is 0 Å². The van der Waals surface area contributed by atoms with Crippen LogP contribution in [-0.4, -0.2) is 63.1 Å². The molecule has 0 aliphatic heterocycles. The number of fused-ring (bicyclic) bond motifs is 2. The van der Waals surface area contributed by atoms with Crippen LogP contribution in [0.2, 0.25) is 0 Å². The van der Waals surface area contributed by atoms with Crippen molar-refractivity contribution in [2.45, 2.75) is 25.0 Å². The van der Waals surface area contributed by atoms with Crippen molar-refractivity contribution < 1.29 is 33.9 Å². The van der Waals surface area contributed by atoms with Gasteiger partial charge in [0.2, 0.25) is 0 Å². The Balaban J connectivity index is 1.73.